The Morgan fingerprint density at radius 3 is 1.39 bits per heavy atom. The zero-order valence-electron chi connectivity index (χ0n) is 17.1. The SMILES string of the molecule is NC(Oc1ccc2c(c1)Cc1cc(OC(N)c3ccccc3)ccc1-2)c1ccccc1. The van der Waals surface area contributed by atoms with Crippen LogP contribution >= 0.6 is 0 Å². The Balaban J connectivity index is 1.32. The number of nitrogens with two attached hydrogens (primary N) is 2. The van der Waals surface area contributed by atoms with Gasteiger partial charge in [-0.25, -0.2) is 0 Å². The maximum atomic E-state index is 6.22. The third kappa shape index (κ3) is 4.04. The molecule has 2 unspecified atom stereocenters. The van der Waals surface area contributed by atoms with Crippen LogP contribution in [0.5, 0.6) is 11.5 Å². The summed E-state index contributed by atoms with van der Waals surface area (Å²) in [6, 6.07) is 32.0. The normalized spacial score (nSPS) is 13.7. The highest BCUT2D eigenvalue weighted by Crippen LogP contribution is 2.40. The molecule has 4 N–H and O–H groups in total. The summed E-state index contributed by atoms with van der Waals surface area (Å²) in [6.07, 6.45) is -0.176. The van der Waals surface area contributed by atoms with Crippen LogP contribution in [0, 0.1) is 0 Å². The van der Waals surface area contributed by atoms with Gasteiger partial charge in [0.05, 0.1) is 0 Å². The van der Waals surface area contributed by atoms with E-state index in [9.17, 15) is 0 Å². The molecule has 0 aliphatic heterocycles. The van der Waals surface area contributed by atoms with Gasteiger partial charge in [0, 0.05) is 11.1 Å². The summed E-state index contributed by atoms with van der Waals surface area (Å²) in [7, 11) is 0. The van der Waals surface area contributed by atoms with E-state index in [4.69, 9.17) is 20.9 Å². The largest absolute Gasteiger partial charge is 0.471 e. The Hall–Kier alpha value is -3.60. The van der Waals surface area contributed by atoms with Crippen LogP contribution in [0.25, 0.3) is 11.1 Å². The van der Waals surface area contributed by atoms with Crippen LogP contribution < -0.4 is 20.9 Å². The fourth-order valence-electron chi connectivity index (χ4n) is 4.02. The van der Waals surface area contributed by atoms with Crippen LogP contribution in [-0.2, 0) is 6.42 Å². The number of rotatable bonds is 6. The molecule has 0 saturated carbocycles. The maximum absolute atomic E-state index is 6.22. The molecule has 0 heterocycles. The molecule has 4 heteroatoms. The van der Waals surface area contributed by atoms with Crippen molar-refractivity contribution in [1.82, 2.24) is 0 Å². The predicted octanol–water partition coefficient (Wildman–Crippen LogP) is 5.33. The molecule has 4 nitrogen and oxygen atoms in total. The van der Waals surface area contributed by atoms with E-state index in [2.05, 4.69) is 24.3 Å². The van der Waals surface area contributed by atoms with Crippen molar-refractivity contribution in [2.45, 2.75) is 18.9 Å². The Labute approximate surface area is 182 Å². The Bertz CT molecular complexity index is 1100. The first-order valence-electron chi connectivity index (χ1n) is 10.4. The number of hydrogen-bond acceptors (Lipinski definition) is 4. The minimum Gasteiger partial charge on any atom is -0.471 e. The van der Waals surface area contributed by atoms with Gasteiger partial charge in [-0.05, 0) is 52.9 Å². The van der Waals surface area contributed by atoms with E-state index in [1.807, 2.05) is 72.8 Å². The average Bonchev–Trinajstić information content (AvgIpc) is 3.17. The number of ether oxygens (including phenoxy) is 2. The van der Waals surface area contributed by atoms with Crippen molar-refractivity contribution in [3.8, 4) is 22.6 Å². The van der Waals surface area contributed by atoms with E-state index in [1.54, 1.807) is 0 Å². The second-order valence-electron chi connectivity index (χ2n) is 7.71. The molecular formula is C27H24N2O2. The summed E-state index contributed by atoms with van der Waals surface area (Å²) < 4.78 is 12.0. The molecule has 0 amide bonds. The standard InChI is InChI=1S/C27H24N2O2/c28-26(18-7-3-1-4-8-18)30-22-11-13-24-20(16-22)15-21-17-23(12-14-25(21)24)31-27(29)19-9-5-2-6-10-19/h1-14,16-17,26-27H,15,28-29H2. The zero-order chi connectivity index (χ0) is 21.2. The monoisotopic (exact) mass is 408 g/mol. The van der Waals surface area contributed by atoms with E-state index in [0.29, 0.717) is 0 Å². The Kier molecular flexibility index (Phi) is 5.16. The first-order valence-corrected chi connectivity index (χ1v) is 10.4. The molecule has 0 bridgehead atoms. The van der Waals surface area contributed by atoms with Gasteiger partial charge in [-0.1, -0.05) is 72.8 Å². The molecule has 0 aromatic heterocycles. The van der Waals surface area contributed by atoms with Gasteiger partial charge in [0.15, 0.2) is 12.5 Å². The molecule has 0 spiro atoms. The molecule has 4 aromatic carbocycles. The molecule has 0 saturated heterocycles. The fourth-order valence-corrected chi connectivity index (χ4v) is 4.02. The Morgan fingerprint density at radius 1 is 0.548 bits per heavy atom. The number of fused-ring (bicyclic) bond motifs is 3. The van der Waals surface area contributed by atoms with Crippen molar-refractivity contribution >= 4 is 0 Å². The lowest BCUT2D eigenvalue weighted by atomic mass is 10.1. The molecule has 4 aromatic rings. The first-order chi connectivity index (χ1) is 15.2. The third-order valence-corrected chi connectivity index (χ3v) is 5.61. The second kappa shape index (κ2) is 8.26. The molecule has 2 atom stereocenters. The highest BCUT2D eigenvalue weighted by molar-refractivity contribution is 5.78. The summed E-state index contributed by atoms with van der Waals surface area (Å²) in [5, 5.41) is 0. The minimum atomic E-state index is -0.498. The molecule has 1 aliphatic carbocycles. The van der Waals surface area contributed by atoms with Crippen molar-refractivity contribution in [3.63, 3.8) is 0 Å². The summed E-state index contributed by atoms with van der Waals surface area (Å²) in [5.74, 6) is 1.54. The molecule has 1 aliphatic rings. The maximum Gasteiger partial charge on any atom is 0.174 e. The van der Waals surface area contributed by atoms with Crippen LogP contribution in [0.1, 0.15) is 34.7 Å². The minimum absolute atomic E-state index is 0.498. The van der Waals surface area contributed by atoms with Crippen molar-refractivity contribution in [3.05, 3.63) is 119 Å². The van der Waals surface area contributed by atoms with Crippen LogP contribution in [0.3, 0.4) is 0 Å². The van der Waals surface area contributed by atoms with Gasteiger partial charge in [0.1, 0.15) is 11.5 Å². The van der Waals surface area contributed by atoms with E-state index >= 15 is 0 Å². The van der Waals surface area contributed by atoms with Gasteiger partial charge in [-0.2, -0.15) is 0 Å². The van der Waals surface area contributed by atoms with Crippen molar-refractivity contribution in [2.75, 3.05) is 0 Å². The van der Waals surface area contributed by atoms with Crippen LogP contribution in [0.2, 0.25) is 0 Å². The van der Waals surface area contributed by atoms with E-state index in [1.165, 1.54) is 22.3 Å². The quantitative estimate of drug-likeness (QED) is 0.373. The average molecular weight is 409 g/mol. The topological polar surface area (TPSA) is 70.5 Å². The van der Waals surface area contributed by atoms with E-state index < -0.39 is 12.5 Å². The number of hydrogen-bond donors (Lipinski definition) is 2. The summed E-state index contributed by atoms with van der Waals surface area (Å²) in [5.41, 5.74) is 19.2. The van der Waals surface area contributed by atoms with Gasteiger partial charge in [-0.15, -0.1) is 0 Å². The third-order valence-electron chi connectivity index (χ3n) is 5.61. The highest BCUT2D eigenvalue weighted by Gasteiger charge is 2.21. The lowest BCUT2D eigenvalue weighted by Crippen LogP contribution is -2.17. The highest BCUT2D eigenvalue weighted by atomic mass is 16.5. The fraction of sp³-hybridized carbons (Fsp3) is 0.111. The second-order valence-corrected chi connectivity index (χ2v) is 7.71. The Morgan fingerprint density at radius 2 is 0.968 bits per heavy atom. The first kappa shape index (κ1) is 19.4. The lowest BCUT2D eigenvalue weighted by molar-refractivity contribution is 0.214. The summed E-state index contributed by atoms with van der Waals surface area (Å²) >= 11 is 0. The van der Waals surface area contributed by atoms with Crippen molar-refractivity contribution < 1.29 is 9.47 Å². The van der Waals surface area contributed by atoms with Crippen LogP contribution in [0.4, 0.5) is 0 Å². The molecule has 154 valence electrons. The van der Waals surface area contributed by atoms with Gasteiger partial charge >= 0.3 is 0 Å². The van der Waals surface area contributed by atoms with E-state index in [-0.39, 0.29) is 0 Å². The predicted molar refractivity (Wildman–Crippen MR) is 123 cm³/mol. The van der Waals surface area contributed by atoms with Gasteiger partial charge < -0.3 is 9.47 Å². The lowest BCUT2D eigenvalue weighted by Gasteiger charge is -2.16. The smallest absolute Gasteiger partial charge is 0.174 e. The molecule has 31 heavy (non-hydrogen) atoms. The van der Waals surface area contributed by atoms with Crippen LogP contribution in [0.15, 0.2) is 97.1 Å². The summed E-state index contributed by atoms with van der Waals surface area (Å²) in [4.78, 5) is 0. The van der Waals surface area contributed by atoms with Crippen molar-refractivity contribution in [2.24, 2.45) is 11.5 Å². The van der Waals surface area contributed by atoms with Crippen LogP contribution in [-0.4, -0.2) is 0 Å². The van der Waals surface area contributed by atoms with Gasteiger partial charge in [0.25, 0.3) is 0 Å². The van der Waals surface area contributed by atoms with Crippen molar-refractivity contribution in [1.29, 1.82) is 0 Å². The molecule has 5 rings (SSSR count). The zero-order valence-corrected chi connectivity index (χ0v) is 17.1. The molecule has 0 fully saturated rings. The van der Waals surface area contributed by atoms with Gasteiger partial charge in [-0.3, -0.25) is 11.5 Å². The number of benzene rings is 4. The van der Waals surface area contributed by atoms with E-state index in [0.717, 1.165) is 29.0 Å². The molecular weight excluding hydrogens is 384 g/mol. The summed E-state index contributed by atoms with van der Waals surface area (Å²) in [6.45, 7) is 0. The molecule has 0 radical (unpaired) electrons. The van der Waals surface area contributed by atoms with Gasteiger partial charge in [0.2, 0.25) is 0 Å².